The lowest BCUT2D eigenvalue weighted by atomic mass is 10.2. The minimum atomic E-state index is -0.384. The van der Waals surface area contributed by atoms with E-state index in [-0.39, 0.29) is 10.6 Å². The largest absolute Gasteiger partial charge is 0.380 e. The molecular weight excluding hydrogens is 310 g/mol. The van der Waals surface area contributed by atoms with Crippen molar-refractivity contribution in [2.24, 2.45) is 0 Å². The van der Waals surface area contributed by atoms with Gasteiger partial charge in [0.1, 0.15) is 0 Å². The lowest BCUT2D eigenvalue weighted by Gasteiger charge is -2.21. The molecular formula is C13H18BrN3O2. The van der Waals surface area contributed by atoms with Gasteiger partial charge in [0.15, 0.2) is 0 Å². The second-order valence-electron chi connectivity index (χ2n) is 5.14. The molecule has 0 aliphatic carbocycles. The number of nitrogens with one attached hydrogen (secondary N) is 1. The third-order valence-electron chi connectivity index (χ3n) is 3.47. The Balaban J connectivity index is 2.02. The van der Waals surface area contributed by atoms with Crippen molar-refractivity contribution >= 4 is 27.3 Å². The molecule has 6 heteroatoms. The molecule has 1 aliphatic heterocycles. The molecule has 0 aromatic heterocycles. The van der Waals surface area contributed by atoms with Gasteiger partial charge >= 0.3 is 0 Å². The first-order valence-corrected chi connectivity index (χ1v) is 7.21. The number of nitro groups is 1. The first kappa shape index (κ1) is 14.3. The molecule has 1 aliphatic rings. The zero-order valence-corrected chi connectivity index (χ0v) is 12.7. The molecule has 1 aromatic carbocycles. The van der Waals surface area contributed by atoms with Gasteiger partial charge in [-0.3, -0.25) is 15.0 Å². The van der Waals surface area contributed by atoms with Gasteiger partial charge in [-0.1, -0.05) is 0 Å². The molecule has 1 saturated heterocycles. The Kier molecular flexibility index (Phi) is 4.42. The SMILES string of the molecule is CC(C)N1CCC(Nc2ccc([N+](=O)[O-])cc2Br)C1. The van der Waals surface area contributed by atoms with Gasteiger partial charge < -0.3 is 5.32 Å². The fourth-order valence-electron chi connectivity index (χ4n) is 2.33. The summed E-state index contributed by atoms with van der Waals surface area (Å²) >= 11 is 3.39. The predicted octanol–water partition coefficient (Wildman–Crippen LogP) is 3.25. The maximum absolute atomic E-state index is 10.7. The average molecular weight is 328 g/mol. The van der Waals surface area contributed by atoms with Crippen LogP contribution in [0.5, 0.6) is 0 Å². The molecule has 2 rings (SSSR count). The molecule has 1 atom stereocenters. The van der Waals surface area contributed by atoms with E-state index in [0.29, 0.717) is 12.1 Å². The molecule has 0 radical (unpaired) electrons. The van der Waals surface area contributed by atoms with Gasteiger partial charge in [-0.2, -0.15) is 0 Å². The normalized spacial score (nSPS) is 19.9. The van der Waals surface area contributed by atoms with E-state index in [1.807, 2.05) is 0 Å². The Bertz CT molecular complexity index is 479. The molecule has 1 aromatic rings. The molecule has 0 saturated carbocycles. The number of likely N-dealkylation sites (tertiary alicyclic amines) is 1. The summed E-state index contributed by atoms with van der Waals surface area (Å²) in [5.41, 5.74) is 1.02. The summed E-state index contributed by atoms with van der Waals surface area (Å²) in [7, 11) is 0. The molecule has 1 unspecified atom stereocenters. The Morgan fingerprint density at radius 1 is 1.53 bits per heavy atom. The lowest BCUT2D eigenvalue weighted by Crippen LogP contribution is -2.31. The van der Waals surface area contributed by atoms with E-state index in [9.17, 15) is 10.1 Å². The molecule has 1 heterocycles. The second kappa shape index (κ2) is 5.88. The fraction of sp³-hybridized carbons (Fsp3) is 0.538. The minimum absolute atomic E-state index is 0.104. The standard InChI is InChI=1S/C13H18BrN3O2/c1-9(2)16-6-5-10(8-16)15-13-4-3-11(17(18)19)7-12(13)14/h3-4,7,9-10,15H,5-6,8H2,1-2H3. The third kappa shape index (κ3) is 3.45. The zero-order chi connectivity index (χ0) is 14.0. The van der Waals surface area contributed by atoms with Crippen LogP contribution in [0.25, 0.3) is 0 Å². The summed E-state index contributed by atoms with van der Waals surface area (Å²) in [6, 6.07) is 5.80. The Hall–Kier alpha value is -1.14. The van der Waals surface area contributed by atoms with Crippen LogP contribution in [0.15, 0.2) is 22.7 Å². The van der Waals surface area contributed by atoms with Gasteiger partial charge in [0.2, 0.25) is 0 Å². The summed E-state index contributed by atoms with van der Waals surface area (Å²) in [4.78, 5) is 12.7. The van der Waals surface area contributed by atoms with Crippen LogP contribution in [-0.2, 0) is 0 Å². The topological polar surface area (TPSA) is 58.4 Å². The highest BCUT2D eigenvalue weighted by atomic mass is 79.9. The van der Waals surface area contributed by atoms with Gasteiger partial charge in [0.05, 0.1) is 4.92 Å². The van der Waals surface area contributed by atoms with Gasteiger partial charge in [0.25, 0.3) is 5.69 Å². The van der Waals surface area contributed by atoms with Crippen LogP contribution >= 0.6 is 15.9 Å². The molecule has 0 amide bonds. The van der Waals surface area contributed by atoms with Crippen molar-refractivity contribution in [3.63, 3.8) is 0 Å². The average Bonchev–Trinajstić information content (AvgIpc) is 2.80. The highest BCUT2D eigenvalue weighted by Gasteiger charge is 2.24. The van der Waals surface area contributed by atoms with Crippen LogP contribution in [0, 0.1) is 10.1 Å². The molecule has 0 bridgehead atoms. The summed E-state index contributed by atoms with van der Waals surface area (Å²) < 4.78 is 0.740. The third-order valence-corrected chi connectivity index (χ3v) is 4.13. The summed E-state index contributed by atoms with van der Waals surface area (Å²) in [5, 5.41) is 14.1. The molecule has 1 fully saturated rings. The highest BCUT2D eigenvalue weighted by molar-refractivity contribution is 9.10. The van der Waals surface area contributed by atoms with E-state index >= 15 is 0 Å². The molecule has 5 nitrogen and oxygen atoms in total. The van der Waals surface area contributed by atoms with Crippen LogP contribution in [0.1, 0.15) is 20.3 Å². The van der Waals surface area contributed by atoms with E-state index in [4.69, 9.17) is 0 Å². The van der Waals surface area contributed by atoms with Crippen LogP contribution in [0.3, 0.4) is 0 Å². The summed E-state index contributed by atoms with van der Waals surface area (Å²) in [5.74, 6) is 0. The van der Waals surface area contributed by atoms with E-state index in [0.717, 1.165) is 29.7 Å². The number of hydrogen-bond acceptors (Lipinski definition) is 4. The van der Waals surface area contributed by atoms with Crippen molar-refractivity contribution in [3.05, 3.63) is 32.8 Å². The summed E-state index contributed by atoms with van der Waals surface area (Å²) in [6.45, 7) is 6.51. The van der Waals surface area contributed by atoms with Gasteiger partial charge in [-0.05, 0) is 42.3 Å². The van der Waals surface area contributed by atoms with E-state index < -0.39 is 0 Å². The number of benzene rings is 1. The van der Waals surface area contributed by atoms with Crippen molar-refractivity contribution in [2.75, 3.05) is 18.4 Å². The van der Waals surface area contributed by atoms with E-state index in [2.05, 4.69) is 40.0 Å². The maximum Gasteiger partial charge on any atom is 0.270 e. The zero-order valence-electron chi connectivity index (χ0n) is 11.1. The number of rotatable bonds is 4. The van der Waals surface area contributed by atoms with Crippen molar-refractivity contribution < 1.29 is 4.92 Å². The van der Waals surface area contributed by atoms with Gasteiger partial charge in [-0.15, -0.1) is 0 Å². The number of anilines is 1. The lowest BCUT2D eigenvalue weighted by molar-refractivity contribution is -0.384. The monoisotopic (exact) mass is 327 g/mol. The van der Waals surface area contributed by atoms with Crippen molar-refractivity contribution in [1.29, 1.82) is 0 Å². The predicted molar refractivity (Wildman–Crippen MR) is 79.5 cm³/mol. The van der Waals surface area contributed by atoms with Gasteiger partial charge in [0, 0.05) is 47.5 Å². The Morgan fingerprint density at radius 2 is 2.26 bits per heavy atom. The number of nitro benzene ring substituents is 1. The molecule has 104 valence electrons. The van der Waals surface area contributed by atoms with E-state index in [1.165, 1.54) is 12.1 Å². The maximum atomic E-state index is 10.7. The molecule has 1 N–H and O–H groups in total. The molecule has 19 heavy (non-hydrogen) atoms. The van der Waals surface area contributed by atoms with Crippen LogP contribution in [0.4, 0.5) is 11.4 Å². The first-order chi connectivity index (χ1) is 8.97. The number of halogens is 1. The highest BCUT2D eigenvalue weighted by Crippen LogP contribution is 2.29. The Labute approximate surface area is 121 Å². The van der Waals surface area contributed by atoms with Crippen LogP contribution in [-0.4, -0.2) is 35.0 Å². The fourth-order valence-corrected chi connectivity index (χ4v) is 2.81. The minimum Gasteiger partial charge on any atom is -0.380 e. The van der Waals surface area contributed by atoms with Crippen LogP contribution < -0.4 is 5.32 Å². The number of nitrogens with zero attached hydrogens (tertiary/aromatic N) is 2. The molecule has 0 spiro atoms. The second-order valence-corrected chi connectivity index (χ2v) is 5.99. The number of hydrogen-bond donors (Lipinski definition) is 1. The number of non-ortho nitro benzene ring substituents is 1. The van der Waals surface area contributed by atoms with E-state index in [1.54, 1.807) is 6.07 Å². The van der Waals surface area contributed by atoms with Gasteiger partial charge in [-0.25, -0.2) is 0 Å². The van der Waals surface area contributed by atoms with Crippen LogP contribution in [0.2, 0.25) is 0 Å². The quantitative estimate of drug-likeness (QED) is 0.681. The first-order valence-electron chi connectivity index (χ1n) is 6.42. The van der Waals surface area contributed by atoms with Crippen molar-refractivity contribution in [1.82, 2.24) is 4.90 Å². The Morgan fingerprint density at radius 3 is 2.79 bits per heavy atom. The van der Waals surface area contributed by atoms with Crippen molar-refractivity contribution in [2.45, 2.75) is 32.4 Å². The summed E-state index contributed by atoms with van der Waals surface area (Å²) in [6.07, 6.45) is 1.10. The smallest absolute Gasteiger partial charge is 0.270 e. The van der Waals surface area contributed by atoms with Crippen molar-refractivity contribution in [3.8, 4) is 0 Å².